The van der Waals surface area contributed by atoms with Crippen molar-refractivity contribution in [3.05, 3.63) is 87.4 Å². The molecule has 1 atom stereocenters. The van der Waals surface area contributed by atoms with Crippen molar-refractivity contribution >= 4 is 28.3 Å². The maximum atomic E-state index is 13.0. The van der Waals surface area contributed by atoms with Crippen molar-refractivity contribution in [3.63, 3.8) is 0 Å². The Labute approximate surface area is 167 Å². The van der Waals surface area contributed by atoms with Gasteiger partial charge in [0.2, 0.25) is 0 Å². The number of carbonyl (C=O) groups is 1. The van der Waals surface area contributed by atoms with E-state index in [-0.39, 0.29) is 11.9 Å². The highest BCUT2D eigenvalue weighted by Crippen LogP contribution is 2.25. The molecule has 1 unspecified atom stereocenters. The van der Waals surface area contributed by atoms with Gasteiger partial charge in [0.05, 0.1) is 10.9 Å². The Morgan fingerprint density at radius 2 is 2.00 bits per heavy atom. The fourth-order valence-corrected chi connectivity index (χ4v) is 4.18. The molecule has 142 valence electrons. The summed E-state index contributed by atoms with van der Waals surface area (Å²) in [5.74, 6) is -0.0830. The number of rotatable bonds is 6. The number of fused-ring (bicyclic) bond motifs is 1. The number of hydrogen-bond acceptors (Lipinski definition) is 4. The third-order valence-corrected chi connectivity index (χ3v) is 5.86. The first-order valence-electron chi connectivity index (χ1n) is 9.20. The zero-order chi connectivity index (χ0) is 19.5. The van der Waals surface area contributed by atoms with E-state index in [1.54, 1.807) is 6.20 Å². The van der Waals surface area contributed by atoms with Crippen LogP contribution in [0.1, 0.15) is 38.0 Å². The highest BCUT2D eigenvalue weighted by molar-refractivity contribution is 7.12. The summed E-state index contributed by atoms with van der Waals surface area (Å²) in [4.78, 5) is 21.2. The fourth-order valence-electron chi connectivity index (χ4n) is 3.35. The number of nitrogens with one attached hydrogen (secondary N) is 2. The van der Waals surface area contributed by atoms with Crippen LogP contribution in [0.2, 0.25) is 0 Å². The third kappa shape index (κ3) is 3.69. The van der Waals surface area contributed by atoms with Crippen LogP contribution < -0.4 is 11.1 Å². The summed E-state index contributed by atoms with van der Waals surface area (Å²) >= 11 is 1.46. The van der Waals surface area contributed by atoms with Gasteiger partial charge in [-0.2, -0.15) is 0 Å². The summed E-state index contributed by atoms with van der Waals surface area (Å²) in [6, 6.07) is 13.9. The first-order valence-corrected chi connectivity index (χ1v) is 10.1. The molecule has 0 aliphatic carbocycles. The van der Waals surface area contributed by atoms with E-state index in [0.29, 0.717) is 13.0 Å². The Bertz CT molecular complexity index is 1100. The van der Waals surface area contributed by atoms with E-state index in [9.17, 15) is 4.79 Å². The Kier molecular flexibility index (Phi) is 5.23. The predicted octanol–water partition coefficient (Wildman–Crippen LogP) is 3.95. The topological polar surface area (TPSA) is 83.8 Å². The van der Waals surface area contributed by atoms with E-state index >= 15 is 0 Å². The number of nitrogens with zero attached hydrogens (tertiary/aromatic N) is 1. The zero-order valence-corrected chi connectivity index (χ0v) is 16.4. The minimum absolute atomic E-state index is 0.0830. The number of hydrogen-bond donors (Lipinski definition) is 3. The quantitative estimate of drug-likeness (QED) is 0.466. The Morgan fingerprint density at radius 1 is 1.18 bits per heavy atom. The van der Waals surface area contributed by atoms with Gasteiger partial charge in [0.15, 0.2) is 0 Å². The van der Waals surface area contributed by atoms with Crippen LogP contribution in [0.4, 0.5) is 0 Å². The molecule has 0 radical (unpaired) electrons. The first-order chi connectivity index (χ1) is 13.7. The number of carbonyl (C=O) groups excluding carboxylic acids is 1. The summed E-state index contributed by atoms with van der Waals surface area (Å²) in [5.41, 5.74) is 11.1. The van der Waals surface area contributed by atoms with Gasteiger partial charge >= 0.3 is 0 Å². The van der Waals surface area contributed by atoms with Gasteiger partial charge in [0, 0.05) is 24.3 Å². The van der Waals surface area contributed by atoms with Crippen LogP contribution in [0.15, 0.2) is 60.2 Å². The van der Waals surface area contributed by atoms with Gasteiger partial charge in [-0.1, -0.05) is 29.8 Å². The normalized spacial score (nSPS) is 12.2. The van der Waals surface area contributed by atoms with Crippen LogP contribution in [0, 0.1) is 6.92 Å². The number of aryl methyl sites for hydroxylation is 1. The Hall–Kier alpha value is -2.96. The number of benzene rings is 1. The monoisotopic (exact) mass is 390 g/mol. The van der Waals surface area contributed by atoms with Crippen molar-refractivity contribution in [2.75, 3.05) is 6.54 Å². The molecule has 5 nitrogen and oxygen atoms in total. The summed E-state index contributed by atoms with van der Waals surface area (Å²) in [6.07, 6.45) is 4.36. The van der Waals surface area contributed by atoms with E-state index in [2.05, 4.69) is 15.3 Å². The second-order valence-corrected chi connectivity index (χ2v) is 7.75. The average molecular weight is 391 g/mol. The predicted molar refractivity (Wildman–Crippen MR) is 114 cm³/mol. The minimum Gasteiger partial charge on any atom is -0.346 e. The standard InChI is InChI=1S/C22H22N4OS/c1-14-2-4-15(5-3-14)19(13-23)26-22(27)20-17(8-11-28-20)12-16-6-9-24-21-18(16)7-10-25-21/h2-11,19H,12-13,23H2,1H3,(H,24,25)(H,26,27). The summed E-state index contributed by atoms with van der Waals surface area (Å²) in [7, 11) is 0. The molecule has 1 amide bonds. The van der Waals surface area contributed by atoms with Gasteiger partial charge in [-0.25, -0.2) is 4.98 Å². The second kappa shape index (κ2) is 7.96. The lowest BCUT2D eigenvalue weighted by atomic mass is 10.0. The molecular weight excluding hydrogens is 368 g/mol. The molecule has 0 bridgehead atoms. The molecule has 0 aliphatic heterocycles. The number of aromatic amines is 1. The maximum absolute atomic E-state index is 13.0. The second-order valence-electron chi connectivity index (χ2n) is 6.83. The zero-order valence-electron chi connectivity index (χ0n) is 15.6. The summed E-state index contributed by atoms with van der Waals surface area (Å²) in [6.45, 7) is 2.39. The number of nitrogens with two attached hydrogens (primary N) is 1. The number of pyridine rings is 1. The van der Waals surface area contributed by atoms with Crippen LogP contribution in [0.3, 0.4) is 0 Å². The largest absolute Gasteiger partial charge is 0.346 e. The molecule has 0 fully saturated rings. The van der Waals surface area contributed by atoms with Gasteiger partial charge in [0.25, 0.3) is 5.91 Å². The lowest BCUT2D eigenvalue weighted by molar-refractivity contribution is 0.0941. The van der Waals surface area contributed by atoms with Crippen LogP contribution in [0.25, 0.3) is 11.0 Å². The Balaban J connectivity index is 1.55. The number of H-pyrrole nitrogens is 1. The van der Waals surface area contributed by atoms with E-state index in [0.717, 1.165) is 32.6 Å². The first kappa shape index (κ1) is 18.4. The van der Waals surface area contributed by atoms with Crippen LogP contribution in [-0.2, 0) is 6.42 Å². The molecule has 3 heterocycles. The third-order valence-electron chi connectivity index (χ3n) is 4.91. The van der Waals surface area contributed by atoms with E-state index in [1.807, 2.05) is 61.0 Å². The summed E-state index contributed by atoms with van der Waals surface area (Å²) < 4.78 is 0. The molecule has 3 aromatic heterocycles. The average Bonchev–Trinajstić information content (AvgIpc) is 3.36. The molecule has 0 aliphatic rings. The highest BCUT2D eigenvalue weighted by atomic mass is 32.1. The lowest BCUT2D eigenvalue weighted by Crippen LogP contribution is -2.33. The molecular formula is C22H22N4OS. The van der Waals surface area contributed by atoms with E-state index in [1.165, 1.54) is 16.9 Å². The van der Waals surface area contributed by atoms with Crippen LogP contribution in [0.5, 0.6) is 0 Å². The molecule has 4 rings (SSSR count). The van der Waals surface area contributed by atoms with E-state index < -0.39 is 0 Å². The number of aromatic nitrogens is 2. The molecule has 0 saturated heterocycles. The van der Waals surface area contributed by atoms with Crippen LogP contribution in [-0.4, -0.2) is 22.4 Å². The maximum Gasteiger partial charge on any atom is 0.262 e. The summed E-state index contributed by atoms with van der Waals surface area (Å²) in [5, 5.41) is 6.14. The smallest absolute Gasteiger partial charge is 0.262 e. The van der Waals surface area contributed by atoms with Crippen molar-refractivity contribution in [1.29, 1.82) is 0 Å². The van der Waals surface area contributed by atoms with Crippen molar-refractivity contribution < 1.29 is 4.79 Å². The molecule has 1 aromatic carbocycles. The molecule has 6 heteroatoms. The SMILES string of the molecule is Cc1ccc(C(CN)NC(=O)c2sccc2Cc2ccnc3[nH]ccc23)cc1. The van der Waals surface area contributed by atoms with Crippen LogP contribution >= 0.6 is 11.3 Å². The van der Waals surface area contributed by atoms with Crippen molar-refractivity contribution in [2.24, 2.45) is 5.73 Å². The van der Waals surface area contributed by atoms with E-state index in [4.69, 9.17) is 5.73 Å². The van der Waals surface area contributed by atoms with Crippen molar-refractivity contribution in [2.45, 2.75) is 19.4 Å². The van der Waals surface area contributed by atoms with Gasteiger partial charge in [0.1, 0.15) is 5.65 Å². The van der Waals surface area contributed by atoms with Crippen molar-refractivity contribution in [1.82, 2.24) is 15.3 Å². The molecule has 0 saturated carbocycles. The van der Waals surface area contributed by atoms with Gasteiger partial charge in [-0.15, -0.1) is 11.3 Å². The van der Waals surface area contributed by atoms with Gasteiger partial charge in [-0.3, -0.25) is 4.79 Å². The van der Waals surface area contributed by atoms with Crippen molar-refractivity contribution in [3.8, 4) is 0 Å². The highest BCUT2D eigenvalue weighted by Gasteiger charge is 2.19. The number of thiophene rings is 1. The fraction of sp³-hybridized carbons (Fsp3) is 0.182. The number of amides is 1. The molecule has 4 aromatic rings. The molecule has 0 spiro atoms. The molecule has 4 N–H and O–H groups in total. The molecule has 28 heavy (non-hydrogen) atoms. The van der Waals surface area contributed by atoms with Gasteiger partial charge in [-0.05, 0) is 53.6 Å². The van der Waals surface area contributed by atoms with Gasteiger partial charge < -0.3 is 16.0 Å². The lowest BCUT2D eigenvalue weighted by Gasteiger charge is -2.17. The Morgan fingerprint density at radius 3 is 2.79 bits per heavy atom. The minimum atomic E-state index is -0.208.